The number of nitrogens with zero attached hydrogens (tertiary/aromatic N) is 1. The number of rotatable bonds is 23. The molecule has 3 atom stereocenters. The van der Waals surface area contributed by atoms with Crippen LogP contribution in [-0.4, -0.2) is 62.8 Å². The van der Waals surface area contributed by atoms with Crippen LogP contribution in [-0.2, 0) is 25.6 Å². The van der Waals surface area contributed by atoms with Crippen molar-refractivity contribution in [3.05, 3.63) is 84.1 Å². The van der Waals surface area contributed by atoms with E-state index in [9.17, 15) is 9.59 Å². The van der Waals surface area contributed by atoms with Crippen LogP contribution in [0.5, 0.6) is 5.75 Å². The second kappa shape index (κ2) is 22.7. The highest BCUT2D eigenvalue weighted by Crippen LogP contribution is 2.42. The molecule has 1 heterocycles. The summed E-state index contributed by atoms with van der Waals surface area (Å²) in [5.74, 6) is 1.47. The van der Waals surface area contributed by atoms with Crippen molar-refractivity contribution in [2.75, 3.05) is 39.3 Å². The summed E-state index contributed by atoms with van der Waals surface area (Å²) in [6.45, 7) is 25.7. The molecule has 2 aromatic carbocycles. The third kappa shape index (κ3) is 12.0. The number of anilines is 1. The summed E-state index contributed by atoms with van der Waals surface area (Å²) >= 11 is 0. The first kappa shape index (κ1) is 44.0. The molecule has 1 aromatic heterocycles. The Morgan fingerprint density at radius 2 is 1.75 bits per heavy atom. The molecule has 0 fully saturated rings. The Bertz CT molecular complexity index is 1600. The molecule has 3 unspecified atom stereocenters. The normalized spacial score (nSPS) is 13.6. The lowest BCUT2D eigenvalue weighted by molar-refractivity contribution is -0.112. The largest absolute Gasteiger partial charge is 0.495 e. The van der Waals surface area contributed by atoms with Crippen molar-refractivity contribution in [1.29, 1.82) is 0 Å². The number of ether oxygens (including phenoxy) is 3. The average molecular weight is 716 g/mol. The molecule has 0 spiro atoms. The minimum Gasteiger partial charge on any atom is -0.495 e. The number of aromatic nitrogens is 1. The zero-order valence-corrected chi connectivity index (χ0v) is 33.3. The van der Waals surface area contributed by atoms with Crippen molar-refractivity contribution in [3.63, 3.8) is 0 Å². The van der Waals surface area contributed by atoms with Crippen LogP contribution < -0.4 is 15.4 Å². The third-order valence-corrected chi connectivity index (χ3v) is 9.73. The van der Waals surface area contributed by atoms with Gasteiger partial charge in [-0.05, 0) is 86.9 Å². The van der Waals surface area contributed by atoms with Gasteiger partial charge in [0.05, 0.1) is 37.7 Å². The Kier molecular flexibility index (Phi) is 19.2. The first-order valence-corrected chi connectivity index (χ1v) is 18.9. The maximum Gasteiger partial charge on any atom is 0.145 e. The van der Waals surface area contributed by atoms with Crippen molar-refractivity contribution in [3.8, 4) is 5.75 Å². The van der Waals surface area contributed by atoms with Crippen molar-refractivity contribution in [1.82, 2.24) is 9.88 Å². The van der Waals surface area contributed by atoms with E-state index in [0.29, 0.717) is 32.2 Å². The molecule has 8 nitrogen and oxygen atoms in total. The third-order valence-electron chi connectivity index (χ3n) is 9.73. The maximum absolute atomic E-state index is 11.8. The molecule has 0 amide bonds. The summed E-state index contributed by atoms with van der Waals surface area (Å²) in [7, 11) is 3.45. The van der Waals surface area contributed by atoms with E-state index in [1.165, 1.54) is 28.2 Å². The minimum absolute atomic E-state index is 0.0914. The molecule has 0 radical (unpaired) electrons. The Hall–Kier alpha value is -4.14. The minimum atomic E-state index is -0.641. The van der Waals surface area contributed by atoms with Gasteiger partial charge in [-0.15, -0.1) is 6.58 Å². The number of nitrogens with one attached hydrogen (secondary N) is 2. The van der Waals surface area contributed by atoms with Crippen molar-refractivity contribution in [2.24, 2.45) is 0 Å². The van der Waals surface area contributed by atoms with Gasteiger partial charge in [0.25, 0.3) is 0 Å². The summed E-state index contributed by atoms with van der Waals surface area (Å²) in [4.78, 5) is 21.9. The van der Waals surface area contributed by atoms with Crippen LogP contribution in [0.2, 0.25) is 0 Å². The quantitative estimate of drug-likeness (QED) is 0.0437. The lowest BCUT2D eigenvalue weighted by Crippen LogP contribution is -2.41. The van der Waals surface area contributed by atoms with Crippen LogP contribution in [0.25, 0.3) is 22.7 Å². The molecule has 0 saturated heterocycles. The Labute approximate surface area is 313 Å². The van der Waals surface area contributed by atoms with Gasteiger partial charge in [-0.1, -0.05) is 77.5 Å². The molecule has 0 aliphatic carbocycles. The van der Waals surface area contributed by atoms with Gasteiger partial charge in [-0.2, -0.15) is 0 Å². The number of fused-ring (bicyclic) bond motifs is 1. The molecule has 0 saturated carbocycles. The molecule has 8 heteroatoms. The smallest absolute Gasteiger partial charge is 0.145 e. The Balaban J connectivity index is 0.000000557. The number of allylic oxidation sites excluding steroid dienone is 1. The molecule has 3 rings (SSSR count). The fraction of sp³-hybridized carbons (Fsp3) is 0.500. The molecule has 0 aliphatic heterocycles. The van der Waals surface area contributed by atoms with Crippen molar-refractivity contribution in [2.45, 2.75) is 111 Å². The second-order valence-electron chi connectivity index (χ2n) is 13.5. The fourth-order valence-corrected chi connectivity index (χ4v) is 6.61. The molecule has 2 N–H and O–H groups in total. The van der Waals surface area contributed by atoms with E-state index >= 15 is 0 Å². The zero-order chi connectivity index (χ0) is 38.7. The lowest BCUT2D eigenvalue weighted by atomic mass is 9.84. The van der Waals surface area contributed by atoms with E-state index in [1.807, 2.05) is 39.1 Å². The highest BCUT2D eigenvalue weighted by Gasteiger charge is 2.30. The number of hydrogen-bond donors (Lipinski definition) is 2. The number of carbonyl (C=O) groups excluding carboxylic acids is 2. The topological polar surface area (TPSA) is 90.8 Å². The van der Waals surface area contributed by atoms with Gasteiger partial charge >= 0.3 is 0 Å². The Morgan fingerprint density at radius 3 is 2.31 bits per heavy atom. The predicted octanol–water partition coefficient (Wildman–Crippen LogP) is 9.93. The van der Waals surface area contributed by atoms with Crippen LogP contribution in [0.3, 0.4) is 0 Å². The van der Waals surface area contributed by atoms with Gasteiger partial charge in [-0.3, -0.25) is 4.79 Å². The van der Waals surface area contributed by atoms with E-state index in [2.05, 4.69) is 81.2 Å². The van der Waals surface area contributed by atoms with Crippen LogP contribution in [0.1, 0.15) is 115 Å². The molecule has 52 heavy (non-hydrogen) atoms. The van der Waals surface area contributed by atoms with Gasteiger partial charge in [0.2, 0.25) is 0 Å². The number of aldehydes is 2. The van der Waals surface area contributed by atoms with Gasteiger partial charge in [0, 0.05) is 48.4 Å². The van der Waals surface area contributed by atoms with E-state index in [4.69, 9.17) is 14.2 Å². The van der Waals surface area contributed by atoms with Crippen LogP contribution in [0.4, 0.5) is 5.69 Å². The molecule has 286 valence electrons. The van der Waals surface area contributed by atoms with E-state index in [1.54, 1.807) is 19.3 Å². The van der Waals surface area contributed by atoms with Gasteiger partial charge in [0.1, 0.15) is 18.3 Å². The molecular weight excluding hydrogens is 651 g/mol. The summed E-state index contributed by atoms with van der Waals surface area (Å²) in [5.41, 5.74) is 6.99. The molecular formula is C44H65N3O5. The van der Waals surface area contributed by atoms with Crippen molar-refractivity contribution < 1.29 is 23.8 Å². The molecule has 3 aromatic rings. The first-order chi connectivity index (χ1) is 25.0. The predicted molar refractivity (Wildman–Crippen MR) is 220 cm³/mol. The Morgan fingerprint density at radius 1 is 1.04 bits per heavy atom. The molecule has 0 bridgehead atoms. The fourth-order valence-electron chi connectivity index (χ4n) is 6.61. The van der Waals surface area contributed by atoms with E-state index < -0.39 is 5.54 Å². The zero-order valence-electron chi connectivity index (χ0n) is 33.3. The maximum atomic E-state index is 11.8. The monoisotopic (exact) mass is 715 g/mol. The number of benzene rings is 2. The van der Waals surface area contributed by atoms with Crippen molar-refractivity contribution >= 4 is 40.9 Å². The SMILES string of the molecule is C=CCOCCn1c(C(C)C(C)OCC)c(C(CCC)CCC)c2ccc(C(=C)NC(C)(C=O)CC)cc21.CNc1ccc(/C=C/C=O)cc1OC. The number of hydrogen-bond acceptors (Lipinski definition) is 7. The van der Waals surface area contributed by atoms with Crippen LogP contribution in [0, 0.1) is 0 Å². The highest BCUT2D eigenvalue weighted by atomic mass is 16.5. The van der Waals surface area contributed by atoms with Gasteiger partial charge in [-0.25, -0.2) is 0 Å². The van der Waals surface area contributed by atoms with Crippen LogP contribution >= 0.6 is 0 Å². The number of carbonyl (C=O) groups is 2. The molecule has 0 aliphatic rings. The second-order valence-corrected chi connectivity index (χ2v) is 13.5. The summed E-state index contributed by atoms with van der Waals surface area (Å²) in [6, 6.07) is 12.3. The van der Waals surface area contributed by atoms with E-state index in [-0.39, 0.29) is 12.0 Å². The van der Waals surface area contributed by atoms with E-state index in [0.717, 1.165) is 73.1 Å². The van der Waals surface area contributed by atoms with Gasteiger partial charge in [0.15, 0.2) is 0 Å². The summed E-state index contributed by atoms with van der Waals surface area (Å²) in [5, 5.41) is 7.68. The summed E-state index contributed by atoms with van der Waals surface area (Å²) < 4.78 is 19.6. The average Bonchev–Trinajstić information content (AvgIpc) is 3.48. The van der Waals surface area contributed by atoms with Crippen LogP contribution in [0.15, 0.2) is 61.7 Å². The first-order valence-electron chi connectivity index (χ1n) is 18.9. The highest BCUT2D eigenvalue weighted by molar-refractivity contribution is 5.89. The summed E-state index contributed by atoms with van der Waals surface area (Å²) in [6.07, 6.45) is 12.1. The number of methoxy groups -OCH3 is 1. The standard InChI is InChI=1S/C33H52N2O3.C11H13NO2/c1-10-15-27(16-11-2)31-29-18-17-28(25(7)34-33(9,13-4)23-36)22-30(29)35(19-21-37-20-12-3)32(31)24(6)26(8)38-14-5;1-12-10-6-5-9(4-3-7-13)8-11(10)14-2/h12,17-18,22-24,26-27,34H,3,7,10-11,13-16,19-21H2,1-2,4-6,8-9H3;3-8,12H,1-2H3/b;4-3+. The van der Waals surface area contributed by atoms with Gasteiger partial charge < -0.3 is 34.2 Å². The lowest BCUT2D eigenvalue weighted by Gasteiger charge is -2.26.